The summed E-state index contributed by atoms with van der Waals surface area (Å²) in [5.74, 6) is 5.79. The number of ether oxygens (including phenoxy) is 1. The predicted octanol–water partition coefficient (Wildman–Crippen LogP) is 6.79. The van der Waals surface area contributed by atoms with E-state index in [0.717, 1.165) is 54.1 Å². The molecule has 57 heavy (non-hydrogen) atoms. The number of rotatable bonds is 5. The summed E-state index contributed by atoms with van der Waals surface area (Å²) in [6.45, 7) is 18.0. The Morgan fingerprint density at radius 1 is 0.895 bits per heavy atom. The second-order valence-corrected chi connectivity index (χ2v) is 18.2. The predicted molar refractivity (Wildman–Crippen MR) is 212 cm³/mol. The van der Waals surface area contributed by atoms with Gasteiger partial charge in [-0.25, -0.2) is 4.85 Å². The van der Waals surface area contributed by atoms with Gasteiger partial charge in [0.1, 0.15) is 17.9 Å². The molecule has 0 radical (unpaired) electrons. The van der Waals surface area contributed by atoms with Gasteiger partial charge in [-0.05, 0) is 85.2 Å². The van der Waals surface area contributed by atoms with Crippen molar-refractivity contribution in [3.63, 3.8) is 0 Å². The molecule has 3 aromatic rings. The summed E-state index contributed by atoms with van der Waals surface area (Å²) in [5.41, 5.74) is 3.88. The van der Waals surface area contributed by atoms with Crippen molar-refractivity contribution in [1.29, 1.82) is 0 Å². The summed E-state index contributed by atoms with van der Waals surface area (Å²) >= 11 is 6.30. The number of benzene rings is 3. The molecule has 5 amide bonds. The second kappa shape index (κ2) is 12.9. The van der Waals surface area contributed by atoms with Gasteiger partial charge in [0.15, 0.2) is 0 Å². The number of hydrogen-bond donors (Lipinski definition) is 1. The number of hydrogen-bond acceptors (Lipinski definition) is 7. The Hall–Kier alpha value is -5.65. The first-order chi connectivity index (χ1) is 27.1. The molecule has 2 saturated carbocycles. The zero-order chi connectivity index (χ0) is 40.2. The molecule has 2 aliphatic carbocycles. The van der Waals surface area contributed by atoms with Crippen LogP contribution >= 0.6 is 11.6 Å². The van der Waals surface area contributed by atoms with Crippen molar-refractivity contribution in [3.8, 4) is 17.6 Å². The molecule has 290 valence electrons. The van der Waals surface area contributed by atoms with E-state index in [9.17, 15) is 24.0 Å². The van der Waals surface area contributed by atoms with Crippen molar-refractivity contribution in [1.82, 2.24) is 15.1 Å². The van der Waals surface area contributed by atoms with Crippen LogP contribution in [0.15, 0.2) is 54.6 Å². The summed E-state index contributed by atoms with van der Waals surface area (Å²) < 4.78 is 6.48. The Balaban J connectivity index is 0.821. The van der Waals surface area contributed by atoms with Gasteiger partial charge in [-0.1, -0.05) is 57.2 Å². The molecule has 6 aliphatic rings. The topological polar surface area (TPSA) is 121 Å². The lowest BCUT2D eigenvalue weighted by molar-refractivity contribution is -0.199. The average molecular weight is 784 g/mol. The molecule has 1 atom stereocenters. The Morgan fingerprint density at radius 2 is 1.63 bits per heavy atom. The fourth-order valence-electron chi connectivity index (χ4n) is 11.0. The summed E-state index contributed by atoms with van der Waals surface area (Å²) in [6.07, 6.45) is 2.99. The third-order valence-electron chi connectivity index (χ3n) is 13.3. The third-order valence-corrected chi connectivity index (χ3v) is 13.6. The molecule has 1 N–H and O–H groups in total. The molecule has 4 fully saturated rings. The Labute approximate surface area is 336 Å². The number of carbonyl (C=O) groups is 5. The van der Waals surface area contributed by atoms with Crippen molar-refractivity contribution in [2.45, 2.75) is 84.5 Å². The fraction of sp³-hybridized carbons (Fsp3) is 0.422. The van der Waals surface area contributed by atoms with Crippen LogP contribution in [0.2, 0.25) is 5.02 Å². The highest BCUT2D eigenvalue weighted by Gasteiger charge is 2.67. The van der Waals surface area contributed by atoms with Crippen LogP contribution in [0.25, 0.3) is 4.85 Å². The lowest BCUT2D eigenvalue weighted by Crippen LogP contribution is -2.74. The molecule has 11 nitrogen and oxygen atoms in total. The summed E-state index contributed by atoms with van der Waals surface area (Å²) in [7, 11) is 0. The van der Waals surface area contributed by atoms with Gasteiger partial charge in [0.05, 0.1) is 22.7 Å². The van der Waals surface area contributed by atoms with Crippen LogP contribution in [0, 0.1) is 40.6 Å². The molecule has 9 rings (SSSR count). The van der Waals surface area contributed by atoms with Crippen molar-refractivity contribution >= 4 is 52.5 Å². The van der Waals surface area contributed by atoms with E-state index in [2.05, 4.69) is 60.7 Å². The van der Waals surface area contributed by atoms with E-state index < -0.39 is 29.7 Å². The average Bonchev–Trinajstić information content (AvgIpc) is 3.81. The monoisotopic (exact) mass is 783 g/mol. The van der Waals surface area contributed by atoms with E-state index >= 15 is 0 Å². The highest BCUT2D eigenvalue weighted by molar-refractivity contribution is 6.33. The number of piperidine rings is 1. The first-order valence-corrected chi connectivity index (χ1v) is 19.9. The number of amides is 5. The number of imide groups is 2. The minimum atomic E-state index is -0.985. The summed E-state index contributed by atoms with van der Waals surface area (Å²) in [6, 6.07) is 15.3. The normalized spacial score (nSPS) is 25.3. The molecular formula is C45H42ClN5O6. The quantitative estimate of drug-likeness (QED) is 0.172. The highest BCUT2D eigenvalue weighted by Crippen LogP contribution is 2.59. The maximum absolute atomic E-state index is 13.8. The van der Waals surface area contributed by atoms with Gasteiger partial charge < -0.3 is 14.5 Å². The minimum absolute atomic E-state index is 0.0243. The van der Waals surface area contributed by atoms with Gasteiger partial charge in [-0.15, -0.1) is 0 Å². The molecule has 0 aromatic heterocycles. The molecule has 4 heterocycles. The van der Waals surface area contributed by atoms with Crippen molar-refractivity contribution < 1.29 is 28.7 Å². The number of nitrogens with one attached hydrogen (secondary N) is 1. The molecule has 4 aliphatic heterocycles. The van der Waals surface area contributed by atoms with Crippen LogP contribution in [-0.4, -0.2) is 70.6 Å². The number of nitrogens with zero attached hydrogens (tertiary/aromatic N) is 4. The Morgan fingerprint density at radius 3 is 2.35 bits per heavy atom. The van der Waals surface area contributed by atoms with Crippen LogP contribution in [0.4, 0.5) is 11.4 Å². The van der Waals surface area contributed by atoms with E-state index in [1.807, 2.05) is 23.1 Å². The lowest BCUT2D eigenvalue weighted by atomic mass is 9.49. The van der Waals surface area contributed by atoms with E-state index in [1.54, 1.807) is 30.3 Å². The van der Waals surface area contributed by atoms with E-state index in [4.69, 9.17) is 22.9 Å². The number of anilines is 1. The van der Waals surface area contributed by atoms with Gasteiger partial charge in [0, 0.05) is 65.7 Å². The van der Waals surface area contributed by atoms with Crippen LogP contribution in [0.1, 0.15) is 102 Å². The van der Waals surface area contributed by atoms with Crippen molar-refractivity contribution in [3.05, 3.63) is 98.9 Å². The maximum atomic E-state index is 13.8. The molecule has 12 heteroatoms. The zero-order valence-corrected chi connectivity index (χ0v) is 33.0. The molecular weight excluding hydrogens is 742 g/mol. The van der Waals surface area contributed by atoms with Crippen LogP contribution in [0.3, 0.4) is 0 Å². The Bertz CT molecular complexity index is 2420. The molecule has 2 saturated heterocycles. The maximum Gasteiger partial charge on any atom is 0.262 e. The Kier molecular flexibility index (Phi) is 8.39. The van der Waals surface area contributed by atoms with Gasteiger partial charge in [-0.2, -0.15) is 0 Å². The number of carbonyl (C=O) groups excluding carboxylic acids is 5. The van der Waals surface area contributed by atoms with Crippen LogP contribution in [0.5, 0.6) is 5.75 Å². The van der Waals surface area contributed by atoms with Crippen LogP contribution in [-0.2, 0) is 16.1 Å². The van der Waals surface area contributed by atoms with Gasteiger partial charge in [0.2, 0.25) is 17.5 Å². The molecule has 0 bridgehead atoms. The zero-order valence-electron chi connectivity index (χ0n) is 32.3. The lowest BCUT2D eigenvalue weighted by Gasteiger charge is -2.65. The van der Waals surface area contributed by atoms with Gasteiger partial charge in [-0.3, -0.25) is 34.2 Å². The smallest absolute Gasteiger partial charge is 0.262 e. The molecule has 1 spiro atoms. The number of fused-ring (bicyclic) bond motifs is 2. The van der Waals surface area contributed by atoms with Crippen LogP contribution < -0.4 is 15.0 Å². The molecule has 3 aromatic carbocycles. The molecule has 1 unspecified atom stereocenters. The van der Waals surface area contributed by atoms with E-state index in [1.165, 1.54) is 0 Å². The number of halogens is 1. The SMILES string of the molecule is [C-]#[N+]c1ccc(OC2C(C)(C)C(N3Cc4cc(C#CC5CC6(CCN(c7ccc8c(c7)C(=O)N(C7CCC(=O)NC7=O)C8=O)C6)C5)ccc4C3=O)C2(C)C)cc1Cl. The van der Waals surface area contributed by atoms with Crippen molar-refractivity contribution in [2.24, 2.45) is 22.2 Å². The second-order valence-electron chi connectivity index (χ2n) is 17.8. The fourth-order valence-corrected chi connectivity index (χ4v) is 11.3. The van der Waals surface area contributed by atoms with Gasteiger partial charge >= 0.3 is 0 Å². The standard InChI is InChI=1S/C45H42ClN5O6/c1-43(2)41(44(3,4)42(43)57-29-10-13-34(47-5)33(46)20-29)50-23-27-18-25(8-11-30(27)38(50)54)6-7-26-21-45(22-26)16-17-49(24-45)28-9-12-31-32(19-28)40(56)51(39(31)55)35-14-15-36(52)48-37(35)53/h8-13,18-20,26,35,41-42H,14-17,21-24H2,1-4H3,(H,48,52,53). The van der Waals surface area contributed by atoms with E-state index in [0.29, 0.717) is 34.1 Å². The first-order valence-electron chi connectivity index (χ1n) is 19.5. The van der Waals surface area contributed by atoms with Gasteiger partial charge in [0.25, 0.3) is 17.7 Å². The minimum Gasteiger partial charge on any atom is -0.489 e. The summed E-state index contributed by atoms with van der Waals surface area (Å²) in [4.78, 5) is 73.2. The summed E-state index contributed by atoms with van der Waals surface area (Å²) in [5, 5.41) is 2.60. The first kappa shape index (κ1) is 37.0. The highest BCUT2D eigenvalue weighted by atomic mass is 35.5. The third kappa shape index (κ3) is 5.81. The largest absolute Gasteiger partial charge is 0.489 e. The van der Waals surface area contributed by atoms with E-state index in [-0.39, 0.29) is 58.6 Å². The van der Waals surface area contributed by atoms with Crippen molar-refractivity contribution in [2.75, 3.05) is 18.0 Å².